The second-order valence-electron chi connectivity index (χ2n) is 6.21. The molecular weight excluding hydrogens is 300 g/mol. The molecule has 7 nitrogen and oxygen atoms in total. The van der Waals surface area contributed by atoms with E-state index in [9.17, 15) is 14.7 Å². The summed E-state index contributed by atoms with van der Waals surface area (Å²) in [6, 6.07) is -0.678. The first kappa shape index (κ1) is 19.6. The van der Waals surface area contributed by atoms with Gasteiger partial charge in [0.25, 0.3) is 0 Å². The average Bonchev–Trinajstić information content (AvgIpc) is 2.88. The van der Waals surface area contributed by atoms with Gasteiger partial charge in [-0.15, -0.1) is 0 Å². The summed E-state index contributed by atoms with van der Waals surface area (Å²) < 4.78 is 10.8. The van der Waals surface area contributed by atoms with Crippen LogP contribution in [0.15, 0.2) is 11.6 Å². The van der Waals surface area contributed by atoms with Crippen molar-refractivity contribution in [2.75, 3.05) is 20.8 Å². The zero-order valence-corrected chi connectivity index (χ0v) is 14.5. The maximum absolute atomic E-state index is 11.4. The summed E-state index contributed by atoms with van der Waals surface area (Å²) >= 11 is 0. The second kappa shape index (κ2) is 8.42. The van der Waals surface area contributed by atoms with Gasteiger partial charge in [0.1, 0.15) is 6.04 Å². The summed E-state index contributed by atoms with van der Waals surface area (Å²) in [4.78, 5) is 22.7. The third kappa shape index (κ3) is 5.30. The van der Waals surface area contributed by atoms with Crippen molar-refractivity contribution in [1.82, 2.24) is 10.6 Å². The number of carboxylic acid groups (broad SMARTS) is 1. The van der Waals surface area contributed by atoms with Crippen molar-refractivity contribution in [3.63, 3.8) is 0 Å². The van der Waals surface area contributed by atoms with Crippen molar-refractivity contribution in [2.24, 2.45) is 5.92 Å². The van der Waals surface area contributed by atoms with Crippen LogP contribution < -0.4 is 10.6 Å². The fourth-order valence-corrected chi connectivity index (χ4v) is 3.06. The van der Waals surface area contributed by atoms with Gasteiger partial charge in [0.05, 0.1) is 18.4 Å². The molecule has 0 aromatic rings. The maximum Gasteiger partial charge on any atom is 0.320 e. The Morgan fingerprint density at radius 1 is 1.43 bits per heavy atom. The predicted molar refractivity (Wildman–Crippen MR) is 85.9 cm³/mol. The third-order valence-corrected chi connectivity index (χ3v) is 4.30. The number of nitrogens with one attached hydrogen (secondary N) is 2. The summed E-state index contributed by atoms with van der Waals surface area (Å²) in [5, 5.41) is 15.0. The highest BCUT2D eigenvalue weighted by Crippen LogP contribution is 2.33. The Hall–Kier alpha value is -1.44. The molecule has 0 saturated carbocycles. The van der Waals surface area contributed by atoms with Crippen LogP contribution in [0.4, 0.5) is 0 Å². The van der Waals surface area contributed by atoms with Gasteiger partial charge in [0, 0.05) is 27.1 Å². The Kier molecular flexibility index (Phi) is 7.18. The smallest absolute Gasteiger partial charge is 0.320 e. The fraction of sp³-hybridized carbons (Fsp3) is 0.750. The first-order valence-electron chi connectivity index (χ1n) is 7.71. The number of carboxylic acids is 1. The number of amides is 1. The van der Waals surface area contributed by atoms with E-state index in [-0.39, 0.29) is 11.8 Å². The maximum atomic E-state index is 11.4. The molecule has 1 aliphatic heterocycles. The van der Waals surface area contributed by atoms with Crippen molar-refractivity contribution in [3.05, 3.63) is 11.6 Å². The molecule has 4 atom stereocenters. The zero-order valence-electron chi connectivity index (χ0n) is 14.5. The highest BCUT2D eigenvalue weighted by atomic mass is 16.5. The Bertz CT molecular complexity index is 465. The van der Waals surface area contributed by atoms with Gasteiger partial charge in [-0.1, -0.05) is 11.6 Å². The quantitative estimate of drug-likeness (QED) is 0.573. The molecule has 0 bridgehead atoms. The monoisotopic (exact) mass is 328 g/mol. The van der Waals surface area contributed by atoms with Crippen LogP contribution in [0.5, 0.6) is 0 Å². The van der Waals surface area contributed by atoms with Gasteiger partial charge >= 0.3 is 5.97 Å². The van der Waals surface area contributed by atoms with E-state index in [0.29, 0.717) is 19.4 Å². The highest BCUT2D eigenvalue weighted by Gasteiger charge is 2.41. The molecule has 132 valence electrons. The molecule has 1 aliphatic rings. The van der Waals surface area contributed by atoms with Crippen molar-refractivity contribution >= 4 is 11.9 Å². The van der Waals surface area contributed by atoms with Gasteiger partial charge < -0.3 is 19.9 Å². The van der Waals surface area contributed by atoms with Gasteiger partial charge in [0.2, 0.25) is 5.91 Å². The molecule has 0 spiro atoms. The van der Waals surface area contributed by atoms with Crippen LogP contribution in [-0.4, -0.2) is 55.6 Å². The minimum Gasteiger partial charge on any atom is -0.480 e. The van der Waals surface area contributed by atoms with E-state index in [1.165, 1.54) is 6.92 Å². The van der Waals surface area contributed by atoms with Crippen LogP contribution in [0, 0.1) is 5.92 Å². The van der Waals surface area contributed by atoms with Crippen LogP contribution in [0.25, 0.3) is 0 Å². The number of carbonyl (C=O) groups excluding carboxylic acids is 1. The van der Waals surface area contributed by atoms with Gasteiger partial charge in [0.15, 0.2) is 0 Å². The first-order chi connectivity index (χ1) is 10.8. The Balaban J connectivity index is 2.96. The lowest BCUT2D eigenvalue weighted by atomic mass is 9.85. The lowest BCUT2D eigenvalue weighted by Crippen LogP contribution is -2.48. The van der Waals surface area contributed by atoms with E-state index < -0.39 is 23.8 Å². The van der Waals surface area contributed by atoms with E-state index in [1.807, 2.05) is 19.9 Å². The van der Waals surface area contributed by atoms with Crippen molar-refractivity contribution < 1.29 is 24.2 Å². The SMILES string of the molecule is CC=C(C[C@@](C)(COC)OC)[C@@H]1C[C@H](C(=O)O)N[C@@H]1NC(C)=O. The number of rotatable bonds is 8. The molecule has 7 heteroatoms. The lowest BCUT2D eigenvalue weighted by molar-refractivity contribution is -0.139. The van der Waals surface area contributed by atoms with E-state index in [1.54, 1.807) is 14.2 Å². The van der Waals surface area contributed by atoms with Gasteiger partial charge in [-0.2, -0.15) is 0 Å². The second-order valence-corrected chi connectivity index (χ2v) is 6.21. The molecule has 1 amide bonds. The Morgan fingerprint density at radius 2 is 2.09 bits per heavy atom. The summed E-state index contributed by atoms with van der Waals surface area (Å²) in [6.07, 6.45) is 2.59. The Labute approximate surface area is 137 Å². The Morgan fingerprint density at radius 3 is 2.52 bits per heavy atom. The molecule has 0 aliphatic carbocycles. The highest BCUT2D eigenvalue weighted by molar-refractivity contribution is 5.76. The van der Waals surface area contributed by atoms with Gasteiger partial charge in [-0.05, 0) is 26.7 Å². The van der Waals surface area contributed by atoms with Crippen LogP contribution in [-0.2, 0) is 19.1 Å². The van der Waals surface area contributed by atoms with E-state index in [2.05, 4.69) is 10.6 Å². The number of hydrogen-bond donors (Lipinski definition) is 3. The standard InChI is InChI=1S/C16H28N2O5/c1-6-11(8-16(3,23-5)9-22-4)12-7-13(15(20)21)18-14(12)17-10(2)19/h6,12-14,18H,7-9H2,1-5H3,(H,17,19)(H,20,21)/t12-,13+,14-,16-/m0/s1. The number of hydrogen-bond acceptors (Lipinski definition) is 5. The van der Waals surface area contributed by atoms with Crippen LogP contribution >= 0.6 is 0 Å². The average molecular weight is 328 g/mol. The molecule has 1 rings (SSSR count). The molecule has 0 aromatic heterocycles. The topological polar surface area (TPSA) is 96.9 Å². The van der Waals surface area contributed by atoms with Crippen LogP contribution in [0.1, 0.15) is 33.6 Å². The summed E-state index contributed by atoms with van der Waals surface area (Å²) in [6.45, 7) is 5.71. The summed E-state index contributed by atoms with van der Waals surface area (Å²) in [7, 11) is 3.24. The minimum absolute atomic E-state index is 0.101. The fourth-order valence-electron chi connectivity index (χ4n) is 3.06. The number of aliphatic carboxylic acids is 1. The van der Waals surface area contributed by atoms with Crippen molar-refractivity contribution in [2.45, 2.75) is 51.4 Å². The molecule has 3 N–H and O–H groups in total. The molecular formula is C16H28N2O5. The molecule has 0 radical (unpaired) electrons. The van der Waals surface area contributed by atoms with Crippen LogP contribution in [0.3, 0.4) is 0 Å². The normalized spacial score (nSPS) is 27.5. The molecule has 0 aromatic carbocycles. The van der Waals surface area contributed by atoms with Gasteiger partial charge in [-0.3, -0.25) is 14.9 Å². The largest absolute Gasteiger partial charge is 0.480 e. The minimum atomic E-state index is -0.912. The molecule has 1 saturated heterocycles. The molecule has 1 fully saturated rings. The van der Waals surface area contributed by atoms with E-state index >= 15 is 0 Å². The lowest BCUT2D eigenvalue weighted by Gasteiger charge is -2.32. The van der Waals surface area contributed by atoms with Crippen molar-refractivity contribution in [1.29, 1.82) is 0 Å². The molecule has 0 unspecified atom stereocenters. The predicted octanol–water partition coefficient (Wildman–Crippen LogP) is 0.899. The van der Waals surface area contributed by atoms with Crippen molar-refractivity contribution in [3.8, 4) is 0 Å². The summed E-state index contributed by atoms with van der Waals surface area (Å²) in [5.41, 5.74) is 0.542. The number of carbonyl (C=O) groups is 2. The first-order valence-corrected chi connectivity index (χ1v) is 7.71. The number of ether oxygens (including phenoxy) is 2. The number of allylic oxidation sites excluding steroid dienone is 1. The molecule has 1 heterocycles. The zero-order chi connectivity index (χ0) is 17.6. The van der Waals surface area contributed by atoms with E-state index in [0.717, 1.165) is 5.57 Å². The molecule has 23 heavy (non-hydrogen) atoms. The van der Waals surface area contributed by atoms with E-state index in [4.69, 9.17) is 9.47 Å². The van der Waals surface area contributed by atoms with Gasteiger partial charge in [-0.25, -0.2) is 0 Å². The number of methoxy groups -OCH3 is 2. The van der Waals surface area contributed by atoms with Crippen LogP contribution in [0.2, 0.25) is 0 Å². The third-order valence-electron chi connectivity index (χ3n) is 4.30. The summed E-state index contributed by atoms with van der Waals surface area (Å²) in [5.74, 6) is -1.21.